The summed E-state index contributed by atoms with van der Waals surface area (Å²) in [6, 6.07) is 5.46. The molecule has 4 heteroatoms. The Kier molecular flexibility index (Phi) is 4.55. The zero-order chi connectivity index (χ0) is 11.3. The Morgan fingerprint density at radius 2 is 1.87 bits per heavy atom. The molecule has 1 rings (SSSR count). The van der Waals surface area contributed by atoms with Gasteiger partial charge in [0.15, 0.2) is 6.29 Å². The summed E-state index contributed by atoms with van der Waals surface area (Å²) in [4.78, 5) is 0. The molecule has 0 saturated heterocycles. The molecule has 0 saturated carbocycles. The van der Waals surface area contributed by atoms with Crippen molar-refractivity contribution < 1.29 is 19.3 Å². The number of benzene rings is 1. The molecule has 15 heavy (non-hydrogen) atoms. The normalized spacial score (nSPS) is 10.7. The zero-order valence-electron chi connectivity index (χ0n) is 9.19. The average Bonchev–Trinajstić information content (AvgIpc) is 2.30. The van der Waals surface area contributed by atoms with Crippen LogP contribution in [0.15, 0.2) is 18.2 Å². The van der Waals surface area contributed by atoms with Crippen molar-refractivity contribution in [2.45, 2.75) is 12.9 Å². The molecule has 1 N–H and O–H groups in total. The average molecular weight is 212 g/mol. The van der Waals surface area contributed by atoms with Crippen molar-refractivity contribution >= 4 is 0 Å². The molecule has 1 aromatic carbocycles. The van der Waals surface area contributed by atoms with Crippen molar-refractivity contribution in [1.29, 1.82) is 0 Å². The quantitative estimate of drug-likeness (QED) is 0.751. The van der Waals surface area contributed by atoms with Crippen molar-refractivity contribution in [3.8, 4) is 5.75 Å². The Labute approximate surface area is 89.4 Å². The molecule has 0 aromatic heterocycles. The van der Waals surface area contributed by atoms with Gasteiger partial charge in [0.1, 0.15) is 5.75 Å². The van der Waals surface area contributed by atoms with Gasteiger partial charge in [0.05, 0.1) is 13.7 Å². The molecule has 84 valence electrons. The zero-order valence-corrected chi connectivity index (χ0v) is 9.19. The van der Waals surface area contributed by atoms with Crippen LogP contribution in [0, 0.1) is 0 Å². The third kappa shape index (κ3) is 2.47. The van der Waals surface area contributed by atoms with Gasteiger partial charge in [-0.2, -0.15) is 0 Å². The summed E-state index contributed by atoms with van der Waals surface area (Å²) < 4.78 is 15.4. The van der Waals surface area contributed by atoms with E-state index in [1.165, 1.54) is 0 Å². The molecular formula is C11H16O4. The lowest BCUT2D eigenvalue weighted by atomic mass is 10.1. The van der Waals surface area contributed by atoms with Crippen LogP contribution < -0.4 is 4.74 Å². The van der Waals surface area contributed by atoms with Crippen LogP contribution in [0.2, 0.25) is 0 Å². The lowest BCUT2D eigenvalue weighted by molar-refractivity contribution is -0.106. The van der Waals surface area contributed by atoms with Gasteiger partial charge in [0.2, 0.25) is 0 Å². The van der Waals surface area contributed by atoms with Crippen LogP contribution in [0.1, 0.15) is 17.4 Å². The molecule has 0 heterocycles. The minimum atomic E-state index is -0.484. The topological polar surface area (TPSA) is 47.9 Å². The van der Waals surface area contributed by atoms with Crippen molar-refractivity contribution in [2.24, 2.45) is 0 Å². The van der Waals surface area contributed by atoms with Crippen LogP contribution in [-0.4, -0.2) is 26.4 Å². The highest BCUT2D eigenvalue weighted by atomic mass is 16.7. The fourth-order valence-corrected chi connectivity index (χ4v) is 1.51. The molecule has 0 aliphatic carbocycles. The molecule has 0 aliphatic rings. The summed E-state index contributed by atoms with van der Waals surface area (Å²) in [6.07, 6.45) is -0.484. The van der Waals surface area contributed by atoms with Crippen molar-refractivity contribution in [1.82, 2.24) is 0 Å². The standard InChI is InChI=1S/C11H16O4/c1-13-10-6-4-5-8(9(10)7-12)11(14-2)15-3/h4-6,11-12H,7H2,1-3H3. The molecule has 0 unspecified atom stereocenters. The van der Waals surface area contributed by atoms with Crippen LogP contribution in [0.3, 0.4) is 0 Å². The second kappa shape index (κ2) is 5.70. The first-order valence-electron chi connectivity index (χ1n) is 4.60. The highest BCUT2D eigenvalue weighted by Crippen LogP contribution is 2.28. The van der Waals surface area contributed by atoms with Crippen LogP contribution in [0.25, 0.3) is 0 Å². The highest BCUT2D eigenvalue weighted by Gasteiger charge is 2.16. The first-order valence-corrected chi connectivity index (χ1v) is 4.60. The number of methoxy groups -OCH3 is 3. The Balaban J connectivity index is 3.15. The number of rotatable bonds is 5. The van der Waals surface area contributed by atoms with E-state index in [1.54, 1.807) is 27.4 Å². The number of hydrogen-bond donors (Lipinski definition) is 1. The molecular weight excluding hydrogens is 196 g/mol. The van der Waals surface area contributed by atoms with Crippen LogP contribution >= 0.6 is 0 Å². The summed E-state index contributed by atoms with van der Waals surface area (Å²) in [5.74, 6) is 0.633. The predicted molar refractivity (Wildman–Crippen MR) is 55.7 cm³/mol. The lowest BCUT2D eigenvalue weighted by Gasteiger charge is -2.18. The Bertz CT molecular complexity index is 307. The summed E-state index contributed by atoms with van der Waals surface area (Å²) in [5, 5.41) is 9.28. The van der Waals surface area contributed by atoms with Crippen LogP contribution in [0.5, 0.6) is 5.75 Å². The van der Waals surface area contributed by atoms with E-state index in [2.05, 4.69) is 0 Å². The number of aliphatic hydroxyl groups is 1. The fourth-order valence-electron chi connectivity index (χ4n) is 1.51. The summed E-state index contributed by atoms with van der Waals surface area (Å²) in [5.41, 5.74) is 1.47. The predicted octanol–water partition coefficient (Wildman–Crippen LogP) is 1.48. The van der Waals surface area contributed by atoms with Gasteiger partial charge in [-0.3, -0.25) is 0 Å². The molecule has 0 amide bonds. The van der Waals surface area contributed by atoms with Crippen molar-refractivity contribution in [2.75, 3.05) is 21.3 Å². The second-order valence-corrected chi connectivity index (χ2v) is 2.99. The minimum Gasteiger partial charge on any atom is -0.496 e. The van der Waals surface area contributed by atoms with Gasteiger partial charge in [-0.25, -0.2) is 0 Å². The van der Waals surface area contributed by atoms with E-state index >= 15 is 0 Å². The SMILES string of the molecule is COc1cccc(C(OC)OC)c1CO. The van der Waals surface area contributed by atoms with Gasteiger partial charge in [-0.05, 0) is 6.07 Å². The maximum atomic E-state index is 9.28. The van der Waals surface area contributed by atoms with E-state index in [4.69, 9.17) is 14.2 Å². The molecule has 0 aliphatic heterocycles. The van der Waals surface area contributed by atoms with Gasteiger partial charge < -0.3 is 19.3 Å². The Hall–Kier alpha value is -1.10. The monoisotopic (exact) mass is 212 g/mol. The summed E-state index contributed by atoms with van der Waals surface area (Å²) in [6.45, 7) is -0.109. The Morgan fingerprint density at radius 3 is 2.33 bits per heavy atom. The number of aliphatic hydroxyl groups excluding tert-OH is 1. The number of ether oxygens (including phenoxy) is 3. The molecule has 4 nitrogen and oxygen atoms in total. The number of hydrogen-bond acceptors (Lipinski definition) is 4. The van der Waals surface area contributed by atoms with E-state index in [9.17, 15) is 5.11 Å². The lowest BCUT2D eigenvalue weighted by Crippen LogP contribution is -2.08. The first-order chi connectivity index (χ1) is 7.28. The maximum absolute atomic E-state index is 9.28. The second-order valence-electron chi connectivity index (χ2n) is 2.99. The molecule has 1 aromatic rings. The van der Waals surface area contributed by atoms with Gasteiger partial charge in [0, 0.05) is 25.3 Å². The maximum Gasteiger partial charge on any atom is 0.183 e. The minimum absolute atomic E-state index is 0.109. The largest absolute Gasteiger partial charge is 0.496 e. The third-order valence-corrected chi connectivity index (χ3v) is 2.23. The molecule has 0 atom stereocenters. The molecule has 0 fully saturated rings. The van der Waals surface area contributed by atoms with Crippen LogP contribution in [-0.2, 0) is 16.1 Å². The summed E-state index contributed by atoms with van der Waals surface area (Å²) >= 11 is 0. The van der Waals surface area contributed by atoms with E-state index in [0.29, 0.717) is 11.3 Å². The highest BCUT2D eigenvalue weighted by molar-refractivity contribution is 5.40. The van der Waals surface area contributed by atoms with Gasteiger partial charge in [-0.15, -0.1) is 0 Å². The van der Waals surface area contributed by atoms with E-state index in [1.807, 2.05) is 12.1 Å². The van der Waals surface area contributed by atoms with Gasteiger partial charge in [0.25, 0.3) is 0 Å². The first kappa shape index (κ1) is 12.0. The summed E-state index contributed by atoms with van der Waals surface area (Å²) in [7, 11) is 4.66. The van der Waals surface area contributed by atoms with Crippen molar-refractivity contribution in [3.63, 3.8) is 0 Å². The van der Waals surface area contributed by atoms with E-state index in [0.717, 1.165) is 5.56 Å². The molecule has 0 radical (unpaired) electrons. The smallest absolute Gasteiger partial charge is 0.183 e. The van der Waals surface area contributed by atoms with Gasteiger partial charge >= 0.3 is 0 Å². The molecule has 0 bridgehead atoms. The fraction of sp³-hybridized carbons (Fsp3) is 0.455. The Morgan fingerprint density at radius 1 is 1.20 bits per heavy atom. The van der Waals surface area contributed by atoms with E-state index in [-0.39, 0.29) is 6.61 Å². The van der Waals surface area contributed by atoms with Crippen molar-refractivity contribution in [3.05, 3.63) is 29.3 Å². The van der Waals surface area contributed by atoms with Crippen LogP contribution in [0.4, 0.5) is 0 Å². The third-order valence-electron chi connectivity index (χ3n) is 2.23. The van der Waals surface area contributed by atoms with Gasteiger partial charge in [-0.1, -0.05) is 12.1 Å². The van der Waals surface area contributed by atoms with E-state index < -0.39 is 6.29 Å². The molecule has 0 spiro atoms.